The van der Waals surface area contributed by atoms with Crippen LogP contribution in [-0.4, -0.2) is 40.0 Å². The summed E-state index contributed by atoms with van der Waals surface area (Å²) in [6, 6.07) is 6.48. The van der Waals surface area contributed by atoms with Crippen molar-refractivity contribution in [2.24, 2.45) is 0 Å². The molecule has 0 bridgehead atoms. The third-order valence-corrected chi connectivity index (χ3v) is 3.74. The van der Waals surface area contributed by atoms with Crippen molar-refractivity contribution < 1.29 is 19.8 Å². The Morgan fingerprint density at radius 1 is 1.35 bits per heavy atom. The number of Topliss-reactive ketones (excluding diaryl/α,β-unsaturated/α-hetero) is 1. The smallest absolute Gasteiger partial charge is 0.290 e. The van der Waals surface area contributed by atoms with Gasteiger partial charge in [0.25, 0.3) is 5.91 Å². The highest BCUT2D eigenvalue weighted by molar-refractivity contribution is 9.10. The Balaban J connectivity index is 2.51. The number of halogens is 1. The van der Waals surface area contributed by atoms with Crippen LogP contribution in [0.25, 0.3) is 0 Å². The average molecular weight is 340 g/mol. The molecule has 6 heteroatoms. The van der Waals surface area contributed by atoms with E-state index in [0.29, 0.717) is 5.56 Å². The summed E-state index contributed by atoms with van der Waals surface area (Å²) in [6.07, 6.45) is 0. The summed E-state index contributed by atoms with van der Waals surface area (Å²) < 4.78 is 0.872. The van der Waals surface area contributed by atoms with Gasteiger partial charge in [-0.3, -0.25) is 9.59 Å². The van der Waals surface area contributed by atoms with Crippen molar-refractivity contribution in [3.05, 3.63) is 45.6 Å². The Hall–Kier alpha value is -1.66. The minimum atomic E-state index is -0.653. The summed E-state index contributed by atoms with van der Waals surface area (Å²) in [4.78, 5) is 25.0. The van der Waals surface area contributed by atoms with Crippen LogP contribution in [0.2, 0.25) is 0 Å². The summed E-state index contributed by atoms with van der Waals surface area (Å²) in [5.41, 5.74) is 0.787. The van der Waals surface area contributed by atoms with Gasteiger partial charge in [-0.05, 0) is 24.6 Å². The first-order valence-corrected chi connectivity index (χ1v) is 6.88. The van der Waals surface area contributed by atoms with Crippen molar-refractivity contribution >= 4 is 27.6 Å². The molecule has 0 saturated carbocycles. The van der Waals surface area contributed by atoms with Crippen LogP contribution in [0, 0.1) is 0 Å². The van der Waals surface area contributed by atoms with E-state index in [1.807, 2.05) is 0 Å². The highest BCUT2D eigenvalue weighted by Crippen LogP contribution is 2.37. The number of β-amino-alcohol motifs (C(OH)–C–C–N with tert-alkyl or cyclic N) is 1. The average Bonchev–Trinajstić information content (AvgIpc) is 2.65. The number of carbonyl (C=O) groups excluding carboxylic acids is 2. The van der Waals surface area contributed by atoms with E-state index in [-0.39, 0.29) is 24.5 Å². The highest BCUT2D eigenvalue weighted by atomic mass is 79.9. The lowest BCUT2D eigenvalue weighted by atomic mass is 9.97. The van der Waals surface area contributed by atoms with Gasteiger partial charge in [0.1, 0.15) is 0 Å². The molecule has 1 heterocycles. The van der Waals surface area contributed by atoms with E-state index >= 15 is 0 Å². The largest absolute Gasteiger partial charge is 0.503 e. The molecule has 0 aliphatic carbocycles. The predicted molar refractivity (Wildman–Crippen MR) is 76.0 cm³/mol. The van der Waals surface area contributed by atoms with Gasteiger partial charge in [0.05, 0.1) is 18.2 Å². The zero-order valence-electron chi connectivity index (χ0n) is 10.8. The van der Waals surface area contributed by atoms with Gasteiger partial charge in [-0.25, -0.2) is 0 Å². The number of carbonyl (C=O) groups is 2. The zero-order chi connectivity index (χ0) is 14.9. The van der Waals surface area contributed by atoms with Gasteiger partial charge in [0.15, 0.2) is 11.5 Å². The third kappa shape index (κ3) is 2.48. The van der Waals surface area contributed by atoms with E-state index in [1.165, 1.54) is 11.8 Å². The van der Waals surface area contributed by atoms with E-state index in [9.17, 15) is 14.7 Å². The van der Waals surface area contributed by atoms with Gasteiger partial charge in [-0.15, -0.1) is 0 Å². The molecule has 5 nitrogen and oxygen atoms in total. The maximum atomic E-state index is 12.0. The molecule has 1 aromatic carbocycles. The van der Waals surface area contributed by atoms with Crippen LogP contribution < -0.4 is 0 Å². The Morgan fingerprint density at radius 3 is 2.45 bits per heavy atom. The van der Waals surface area contributed by atoms with Crippen LogP contribution in [0.4, 0.5) is 0 Å². The van der Waals surface area contributed by atoms with Gasteiger partial charge >= 0.3 is 0 Å². The minimum absolute atomic E-state index is 0.0560. The highest BCUT2D eigenvalue weighted by Gasteiger charge is 2.41. The number of hydrogen-bond donors (Lipinski definition) is 2. The van der Waals surface area contributed by atoms with E-state index in [4.69, 9.17) is 5.11 Å². The second-order valence-corrected chi connectivity index (χ2v) is 5.41. The molecule has 106 valence electrons. The molecule has 0 unspecified atom stereocenters. The molecule has 1 aromatic rings. The summed E-state index contributed by atoms with van der Waals surface area (Å²) >= 11 is 3.32. The van der Waals surface area contributed by atoms with E-state index in [0.717, 1.165) is 4.47 Å². The Morgan fingerprint density at radius 2 is 1.95 bits per heavy atom. The first-order chi connectivity index (χ1) is 9.47. The van der Waals surface area contributed by atoms with Gasteiger partial charge in [0, 0.05) is 11.0 Å². The first-order valence-electron chi connectivity index (χ1n) is 6.08. The molecule has 1 atom stereocenters. The van der Waals surface area contributed by atoms with Crippen LogP contribution in [0.15, 0.2) is 40.1 Å². The monoisotopic (exact) mass is 339 g/mol. The minimum Gasteiger partial charge on any atom is -0.503 e. The Labute approximate surface area is 124 Å². The van der Waals surface area contributed by atoms with Crippen LogP contribution in [0.5, 0.6) is 0 Å². The fraction of sp³-hybridized carbons (Fsp3) is 0.286. The third-order valence-electron chi connectivity index (χ3n) is 3.21. The second kappa shape index (κ2) is 5.76. The molecule has 2 rings (SSSR count). The Bertz CT molecular complexity index is 579. The number of ketones is 1. The van der Waals surface area contributed by atoms with Crippen LogP contribution >= 0.6 is 15.9 Å². The lowest BCUT2D eigenvalue weighted by Gasteiger charge is -2.25. The van der Waals surface area contributed by atoms with E-state index in [2.05, 4.69) is 15.9 Å². The Kier molecular flexibility index (Phi) is 4.25. The zero-order valence-corrected chi connectivity index (χ0v) is 12.4. The normalized spacial score (nSPS) is 18.9. The van der Waals surface area contributed by atoms with Crippen molar-refractivity contribution in [3.63, 3.8) is 0 Å². The summed E-state index contributed by atoms with van der Waals surface area (Å²) in [6.45, 7) is 1.13. The van der Waals surface area contributed by atoms with Gasteiger partial charge in [-0.2, -0.15) is 0 Å². The summed E-state index contributed by atoms with van der Waals surface area (Å²) in [7, 11) is 0. The van der Waals surface area contributed by atoms with Crippen molar-refractivity contribution in [1.29, 1.82) is 0 Å². The standard InChI is InChI=1S/C14H14BrNO4/c1-8(18)11-12(9-2-4-10(15)5-3-9)16(6-7-17)14(20)13(11)19/h2-5,12,17,19H,6-7H2,1H3/t12-/m1/s1. The molecule has 0 spiro atoms. The number of amides is 1. The van der Waals surface area contributed by atoms with Crippen molar-refractivity contribution in [2.75, 3.05) is 13.2 Å². The van der Waals surface area contributed by atoms with Crippen LogP contribution in [0.1, 0.15) is 18.5 Å². The summed E-state index contributed by atoms with van der Waals surface area (Å²) in [5.74, 6) is -1.51. The van der Waals surface area contributed by atoms with E-state index in [1.54, 1.807) is 24.3 Å². The van der Waals surface area contributed by atoms with Crippen molar-refractivity contribution in [3.8, 4) is 0 Å². The second-order valence-electron chi connectivity index (χ2n) is 4.49. The summed E-state index contributed by atoms with van der Waals surface area (Å²) in [5, 5.41) is 19.0. The first kappa shape index (κ1) is 14.7. The molecule has 0 fully saturated rings. The molecule has 1 amide bonds. The fourth-order valence-electron chi connectivity index (χ4n) is 2.34. The molecule has 1 aliphatic rings. The maximum absolute atomic E-state index is 12.0. The van der Waals surface area contributed by atoms with Gasteiger partial charge < -0.3 is 15.1 Å². The quantitative estimate of drug-likeness (QED) is 0.875. The van der Waals surface area contributed by atoms with Gasteiger partial charge in [-0.1, -0.05) is 28.1 Å². The number of aliphatic hydroxyl groups excluding tert-OH is 2. The maximum Gasteiger partial charge on any atom is 0.290 e. The van der Waals surface area contributed by atoms with Crippen LogP contribution in [0.3, 0.4) is 0 Å². The molecular weight excluding hydrogens is 326 g/mol. The van der Waals surface area contributed by atoms with Crippen LogP contribution in [-0.2, 0) is 9.59 Å². The lowest BCUT2D eigenvalue weighted by molar-refractivity contribution is -0.129. The molecule has 0 aromatic heterocycles. The number of aliphatic hydroxyl groups is 2. The van der Waals surface area contributed by atoms with Crippen molar-refractivity contribution in [1.82, 2.24) is 4.90 Å². The van der Waals surface area contributed by atoms with Gasteiger partial charge in [0.2, 0.25) is 0 Å². The number of nitrogens with zero attached hydrogens (tertiary/aromatic N) is 1. The number of rotatable bonds is 4. The van der Waals surface area contributed by atoms with Crippen molar-refractivity contribution in [2.45, 2.75) is 13.0 Å². The topological polar surface area (TPSA) is 77.8 Å². The molecule has 0 saturated heterocycles. The number of hydrogen-bond acceptors (Lipinski definition) is 4. The fourth-order valence-corrected chi connectivity index (χ4v) is 2.61. The number of benzene rings is 1. The lowest BCUT2D eigenvalue weighted by Crippen LogP contribution is -2.33. The van der Waals surface area contributed by atoms with E-state index < -0.39 is 17.7 Å². The molecule has 0 radical (unpaired) electrons. The molecule has 2 N–H and O–H groups in total. The molecule has 20 heavy (non-hydrogen) atoms. The SMILES string of the molecule is CC(=O)C1=C(O)C(=O)N(CCO)[C@@H]1c1ccc(Br)cc1. The molecular formula is C14H14BrNO4. The predicted octanol–water partition coefficient (Wildman–Crippen LogP) is 1.73. The molecule has 1 aliphatic heterocycles.